The predicted molar refractivity (Wildman–Crippen MR) is 148 cm³/mol. The number of rotatable bonds is 9. The van der Waals surface area contributed by atoms with Crippen molar-refractivity contribution < 1.29 is 101 Å². The molecule has 0 fully saturated rings. The Bertz CT molecular complexity index is 1610. The minimum atomic E-state index is -1.21. The fourth-order valence-corrected chi connectivity index (χ4v) is 2.92. The molecular formula is C18H11LaN9O22. The van der Waals surface area contributed by atoms with Crippen LogP contribution in [0.2, 0.25) is 0 Å². The van der Waals surface area contributed by atoms with E-state index in [1.807, 2.05) is 0 Å². The third kappa shape index (κ3) is 11.0. The van der Waals surface area contributed by atoms with E-state index < -0.39 is 113 Å². The Hall–Kier alpha value is -7.19. The van der Waals surface area contributed by atoms with E-state index in [1.54, 1.807) is 0 Å². The summed E-state index contributed by atoms with van der Waals surface area (Å²) in [7, 11) is 0. The zero-order valence-electron chi connectivity index (χ0n) is 23.3. The quantitative estimate of drug-likeness (QED) is 0.206. The second-order valence-electron chi connectivity index (χ2n) is 7.81. The van der Waals surface area contributed by atoms with Crippen molar-refractivity contribution in [2.45, 2.75) is 0 Å². The van der Waals surface area contributed by atoms with E-state index in [4.69, 9.17) is 15.3 Å². The molecule has 32 heteroatoms. The summed E-state index contributed by atoms with van der Waals surface area (Å²) < 4.78 is 0. The van der Waals surface area contributed by atoms with E-state index in [0.29, 0.717) is 36.4 Å². The van der Waals surface area contributed by atoms with E-state index >= 15 is 0 Å². The predicted octanol–water partition coefficient (Wildman–Crippen LogP) is 2.53. The second kappa shape index (κ2) is 18.2. The molecule has 0 bridgehead atoms. The number of non-ortho nitro benzene ring substituents is 3. The Labute approximate surface area is 295 Å². The van der Waals surface area contributed by atoms with Gasteiger partial charge in [0.15, 0.2) is 0 Å². The fraction of sp³-hybridized carbons (Fsp3) is 0. The first-order chi connectivity index (χ1) is 22.0. The molecule has 0 unspecified atom stereocenters. The molecule has 0 aliphatic heterocycles. The van der Waals surface area contributed by atoms with Gasteiger partial charge in [0.25, 0.3) is 34.3 Å². The molecule has 1 radical (unpaired) electrons. The summed E-state index contributed by atoms with van der Waals surface area (Å²) in [5, 5.41) is 121. The molecule has 50 heavy (non-hydrogen) atoms. The average molecular weight is 844 g/mol. The van der Waals surface area contributed by atoms with Gasteiger partial charge in [-0.15, -0.1) is 0 Å². The number of nitro groups is 9. The van der Waals surface area contributed by atoms with Crippen LogP contribution in [0, 0.1) is 127 Å². The van der Waals surface area contributed by atoms with Crippen molar-refractivity contribution in [3.05, 3.63) is 127 Å². The molecule has 0 saturated carbocycles. The van der Waals surface area contributed by atoms with Gasteiger partial charge >= 0.3 is 34.1 Å². The van der Waals surface area contributed by atoms with Crippen LogP contribution in [0.3, 0.4) is 0 Å². The van der Waals surface area contributed by atoms with Crippen LogP contribution in [0.4, 0.5) is 51.2 Å². The van der Waals surface area contributed by atoms with Gasteiger partial charge in [-0.25, -0.2) is 0 Å². The van der Waals surface area contributed by atoms with Crippen molar-refractivity contribution in [1.82, 2.24) is 0 Å². The van der Waals surface area contributed by atoms with Crippen LogP contribution in [-0.2, 0) is 0 Å². The molecule has 0 spiro atoms. The molecule has 0 amide bonds. The standard InChI is InChI=1S/3C6H3N3O7.La.H2O/c3*10-6-4(8(13)14)1-3(7(11)12)2-5(6)9(15)16;;/h3*1-2,10H;;1H2. The Morgan fingerprint density at radius 1 is 0.320 bits per heavy atom. The van der Waals surface area contributed by atoms with Crippen molar-refractivity contribution in [2.75, 3.05) is 0 Å². The maximum absolute atomic E-state index is 10.4. The monoisotopic (exact) mass is 844 g/mol. The molecular weight excluding hydrogens is 833 g/mol. The molecule has 31 nitrogen and oxygen atoms in total. The van der Waals surface area contributed by atoms with Gasteiger partial charge in [0.1, 0.15) is 0 Å². The topological polar surface area (TPSA) is 480 Å². The third-order valence-corrected chi connectivity index (χ3v) is 4.98. The van der Waals surface area contributed by atoms with Gasteiger partial charge in [-0.1, -0.05) is 0 Å². The van der Waals surface area contributed by atoms with E-state index in [1.165, 1.54) is 0 Å². The molecule has 0 aliphatic rings. The van der Waals surface area contributed by atoms with E-state index in [0.717, 1.165) is 0 Å². The second-order valence-corrected chi connectivity index (χ2v) is 7.81. The Balaban J connectivity index is 0. The number of nitrogens with zero attached hydrogens (tertiary/aromatic N) is 9. The number of benzene rings is 3. The number of phenols is 3. The molecule has 5 N–H and O–H groups in total. The average Bonchev–Trinajstić information content (AvgIpc) is 2.96. The van der Waals surface area contributed by atoms with E-state index in [9.17, 15) is 91.0 Å². The fourth-order valence-electron chi connectivity index (χ4n) is 2.92. The van der Waals surface area contributed by atoms with E-state index in [2.05, 4.69) is 0 Å². The molecule has 263 valence electrons. The minimum absolute atomic E-state index is 0. The van der Waals surface area contributed by atoms with Gasteiger partial charge in [0, 0.05) is 35.6 Å². The largest absolute Gasteiger partial charge is 0.497 e. The van der Waals surface area contributed by atoms with Crippen molar-refractivity contribution >= 4 is 51.2 Å². The molecule has 0 heterocycles. The van der Waals surface area contributed by atoms with Crippen molar-refractivity contribution in [2.24, 2.45) is 0 Å². The number of nitro benzene ring substituents is 9. The maximum Gasteiger partial charge on any atom is 0.324 e. The van der Waals surface area contributed by atoms with Gasteiger partial charge in [0.2, 0.25) is 0 Å². The summed E-state index contributed by atoms with van der Waals surface area (Å²) in [5.74, 6) is -3.62. The summed E-state index contributed by atoms with van der Waals surface area (Å²) in [6.07, 6.45) is 0. The first-order valence-electron chi connectivity index (χ1n) is 10.9. The van der Waals surface area contributed by atoms with Crippen LogP contribution in [-0.4, -0.2) is 65.1 Å². The summed E-state index contributed by atoms with van der Waals surface area (Å²) in [6.45, 7) is 0. The third-order valence-electron chi connectivity index (χ3n) is 4.98. The minimum Gasteiger partial charge on any atom is -0.497 e. The molecule has 3 rings (SSSR count). The zero-order chi connectivity index (χ0) is 37.4. The Morgan fingerprint density at radius 2 is 0.440 bits per heavy atom. The van der Waals surface area contributed by atoms with Gasteiger partial charge in [-0.3, -0.25) is 91.0 Å². The maximum atomic E-state index is 10.4. The van der Waals surface area contributed by atoms with Crippen LogP contribution in [0.25, 0.3) is 0 Å². The van der Waals surface area contributed by atoms with E-state index in [-0.39, 0.29) is 41.1 Å². The summed E-state index contributed by atoms with van der Waals surface area (Å²) in [5.41, 5.74) is -9.01. The van der Waals surface area contributed by atoms with Gasteiger partial charge in [0.05, 0.1) is 80.7 Å². The Morgan fingerprint density at radius 3 is 0.520 bits per heavy atom. The number of hydrogen-bond donors (Lipinski definition) is 3. The van der Waals surface area contributed by atoms with Crippen molar-refractivity contribution in [3.63, 3.8) is 0 Å². The first-order valence-corrected chi connectivity index (χ1v) is 10.9. The number of hydrogen-bond acceptors (Lipinski definition) is 21. The van der Waals surface area contributed by atoms with Gasteiger partial charge < -0.3 is 20.8 Å². The summed E-state index contributed by atoms with van der Waals surface area (Å²) >= 11 is 0. The van der Waals surface area contributed by atoms with Crippen molar-refractivity contribution in [3.8, 4) is 17.2 Å². The smallest absolute Gasteiger partial charge is 0.324 e. The van der Waals surface area contributed by atoms with Crippen LogP contribution >= 0.6 is 0 Å². The number of phenolic OH excluding ortho intramolecular Hbond substituents is 3. The number of aromatic hydroxyl groups is 3. The first kappa shape index (κ1) is 44.9. The molecule has 3 aromatic carbocycles. The zero-order valence-corrected chi connectivity index (χ0v) is 26.9. The molecule has 0 atom stereocenters. The SMILES string of the molecule is O.O=[N+]([O-])c1cc([N+](=O)[O-])c(O)c([N+](=O)[O-])c1.O=[N+]([O-])c1cc([N+](=O)[O-])c(O)c([N+](=O)[O-])c1.O=[N+]([O-])c1cc([N+](=O)[O-])c(O)c([N+](=O)[O-])c1.[La]. The molecule has 0 aliphatic carbocycles. The summed E-state index contributed by atoms with van der Waals surface area (Å²) in [4.78, 5) is 83.3. The van der Waals surface area contributed by atoms with Crippen LogP contribution in [0.15, 0.2) is 36.4 Å². The van der Waals surface area contributed by atoms with Crippen molar-refractivity contribution in [1.29, 1.82) is 0 Å². The normalized spacial score (nSPS) is 9.36. The van der Waals surface area contributed by atoms with Crippen LogP contribution in [0.1, 0.15) is 0 Å². The molecule has 0 saturated heterocycles. The molecule has 3 aromatic rings. The van der Waals surface area contributed by atoms with Crippen LogP contribution in [0.5, 0.6) is 17.2 Å². The van der Waals surface area contributed by atoms with Crippen LogP contribution < -0.4 is 0 Å². The van der Waals surface area contributed by atoms with Gasteiger partial charge in [-0.2, -0.15) is 0 Å². The Kier molecular flexibility index (Phi) is 16.4. The van der Waals surface area contributed by atoms with Gasteiger partial charge in [-0.05, 0) is 0 Å². The molecule has 0 aromatic heterocycles. The summed E-state index contributed by atoms with van der Waals surface area (Å²) in [6, 6.07) is 2.68.